The minimum Gasteiger partial charge on any atom is -0.461 e. The largest absolute Gasteiger partial charge is 0.461 e. The molecular weight excluding hydrogens is 528 g/mol. The SMILES string of the molecule is CC1CCCCN1CCCNC(=O)c1csc(CSc2nnc(-c3ccco3)n2-c2ccccc2Cl)n1. The predicted molar refractivity (Wildman–Crippen MR) is 148 cm³/mol. The highest BCUT2D eigenvalue weighted by Gasteiger charge is 2.21. The molecule has 5 rings (SSSR count). The zero-order chi connectivity index (χ0) is 25.6. The molecule has 3 aromatic heterocycles. The quantitative estimate of drug-likeness (QED) is 0.191. The number of para-hydroxylation sites is 1. The fraction of sp³-hybridized carbons (Fsp3) is 0.385. The van der Waals surface area contributed by atoms with Crippen molar-refractivity contribution in [2.24, 2.45) is 0 Å². The van der Waals surface area contributed by atoms with E-state index in [1.807, 2.05) is 46.3 Å². The number of nitrogens with one attached hydrogen (secondary N) is 1. The Kier molecular flexibility index (Phi) is 8.60. The van der Waals surface area contributed by atoms with E-state index in [0.29, 0.717) is 45.8 Å². The Morgan fingerprint density at radius 1 is 1.24 bits per heavy atom. The zero-order valence-electron chi connectivity index (χ0n) is 20.6. The molecule has 194 valence electrons. The summed E-state index contributed by atoms with van der Waals surface area (Å²) >= 11 is 9.46. The predicted octanol–water partition coefficient (Wildman–Crippen LogP) is 5.92. The van der Waals surface area contributed by atoms with Gasteiger partial charge in [-0.25, -0.2) is 4.98 Å². The lowest BCUT2D eigenvalue weighted by molar-refractivity contribution is 0.0944. The number of rotatable bonds is 10. The summed E-state index contributed by atoms with van der Waals surface area (Å²) in [6, 6.07) is 11.8. The van der Waals surface area contributed by atoms with Gasteiger partial charge in [0.15, 0.2) is 10.9 Å². The van der Waals surface area contributed by atoms with E-state index < -0.39 is 0 Å². The number of carbonyl (C=O) groups is 1. The number of halogens is 1. The number of aromatic nitrogens is 4. The van der Waals surface area contributed by atoms with Crippen molar-refractivity contribution in [1.82, 2.24) is 30.0 Å². The molecule has 1 aromatic carbocycles. The third-order valence-corrected chi connectivity index (χ3v) is 8.72. The Morgan fingerprint density at radius 2 is 2.14 bits per heavy atom. The summed E-state index contributed by atoms with van der Waals surface area (Å²) in [7, 11) is 0. The monoisotopic (exact) mass is 556 g/mol. The van der Waals surface area contributed by atoms with E-state index in [0.717, 1.165) is 30.2 Å². The molecule has 1 amide bonds. The number of benzene rings is 1. The number of amides is 1. The number of nitrogens with zero attached hydrogens (tertiary/aromatic N) is 5. The van der Waals surface area contributed by atoms with Crippen LogP contribution in [0, 0.1) is 0 Å². The van der Waals surface area contributed by atoms with Gasteiger partial charge in [-0.1, -0.05) is 41.9 Å². The molecule has 0 bridgehead atoms. The first-order chi connectivity index (χ1) is 18.1. The highest BCUT2D eigenvalue weighted by atomic mass is 35.5. The molecule has 1 aliphatic rings. The molecule has 0 spiro atoms. The van der Waals surface area contributed by atoms with Gasteiger partial charge >= 0.3 is 0 Å². The molecule has 11 heteroatoms. The second-order valence-electron chi connectivity index (χ2n) is 8.98. The number of piperidine rings is 1. The van der Waals surface area contributed by atoms with Crippen LogP contribution in [0.5, 0.6) is 0 Å². The number of furan rings is 1. The van der Waals surface area contributed by atoms with E-state index in [-0.39, 0.29) is 5.91 Å². The average molecular weight is 557 g/mol. The molecule has 8 nitrogen and oxygen atoms in total. The Labute approximate surface area is 229 Å². The van der Waals surface area contributed by atoms with Gasteiger partial charge in [-0.2, -0.15) is 0 Å². The van der Waals surface area contributed by atoms with Crippen molar-refractivity contribution in [3.63, 3.8) is 0 Å². The van der Waals surface area contributed by atoms with Crippen molar-refractivity contribution in [1.29, 1.82) is 0 Å². The molecule has 1 N–H and O–H groups in total. The molecule has 4 heterocycles. The van der Waals surface area contributed by atoms with Gasteiger partial charge in [0.05, 0.1) is 22.7 Å². The van der Waals surface area contributed by atoms with Gasteiger partial charge < -0.3 is 14.6 Å². The van der Waals surface area contributed by atoms with Crippen LogP contribution in [0.15, 0.2) is 57.6 Å². The Bertz CT molecular complexity index is 1320. The van der Waals surface area contributed by atoms with E-state index >= 15 is 0 Å². The van der Waals surface area contributed by atoms with Crippen LogP contribution in [-0.2, 0) is 5.75 Å². The Balaban J connectivity index is 1.20. The van der Waals surface area contributed by atoms with E-state index in [2.05, 4.69) is 32.3 Å². The molecule has 1 fully saturated rings. The molecular formula is C26H29ClN6O2S2. The van der Waals surface area contributed by atoms with E-state index in [4.69, 9.17) is 16.0 Å². The van der Waals surface area contributed by atoms with Crippen molar-refractivity contribution in [3.05, 3.63) is 63.8 Å². The van der Waals surface area contributed by atoms with Crippen LogP contribution in [0.2, 0.25) is 5.02 Å². The second-order valence-corrected chi connectivity index (χ2v) is 11.3. The van der Waals surface area contributed by atoms with Gasteiger partial charge in [0.2, 0.25) is 5.82 Å². The maximum Gasteiger partial charge on any atom is 0.270 e. The van der Waals surface area contributed by atoms with E-state index in [1.54, 1.807) is 6.26 Å². The van der Waals surface area contributed by atoms with Gasteiger partial charge in [-0.05, 0) is 57.0 Å². The topological polar surface area (TPSA) is 89.1 Å². The van der Waals surface area contributed by atoms with Gasteiger partial charge in [-0.15, -0.1) is 21.5 Å². The van der Waals surface area contributed by atoms with Crippen LogP contribution >= 0.6 is 34.7 Å². The van der Waals surface area contributed by atoms with Crippen LogP contribution in [0.4, 0.5) is 0 Å². The normalized spacial score (nSPS) is 16.2. The fourth-order valence-electron chi connectivity index (χ4n) is 4.45. The van der Waals surface area contributed by atoms with Crippen LogP contribution < -0.4 is 5.32 Å². The number of thiazole rings is 1. The van der Waals surface area contributed by atoms with E-state index in [9.17, 15) is 4.79 Å². The maximum absolute atomic E-state index is 12.6. The van der Waals surface area contributed by atoms with Crippen LogP contribution in [0.25, 0.3) is 17.3 Å². The highest BCUT2D eigenvalue weighted by molar-refractivity contribution is 7.98. The summed E-state index contributed by atoms with van der Waals surface area (Å²) < 4.78 is 7.46. The van der Waals surface area contributed by atoms with Crippen molar-refractivity contribution >= 4 is 40.6 Å². The lowest BCUT2D eigenvalue weighted by atomic mass is 10.0. The summed E-state index contributed by atoms with van der Waals surface area (Å²) in [4.78, 5) is 19.7. The third-order valence-electron chi connectivity index (χ3n) is 6.43. The molecule has 4 aromatic rings. The summed E-state index contributed by atoms with van der Waals surface area (Å²) in [5, 5.41) is 15.7. The number of carbonyl (C=O) groups excluding carboxylic acids is 1. The lowest BCUT2D eigenvalue weighted by Gasteiger charge is -2.33. The lowest BCUT2D eigenvalue weighted by Crippen LogP contribution is -2.39. The summed E-state index contributed by atoms with van der Waals surface area (Å²) in [5.74, 6) is 1.59. The van der Waals surface area contributed by atoms with Crippen molar-refractivity contribution in [3.8, 4) is 17.3 Å². The minimum absolute atomic E-state index is 0.126. The fourth-order valence-corrected chi connectivity index (χ4v) is 6.41. The van der Waals surface area contributed by atoms with Crippen molar-refractivity contribution < 1.29 is 9.21 Å². The second kappa shape index (κ2) is 12.3. The molecule has 0 radical (unpaired) electrons. The molecule has 1 saturated heterocycles. The molecule has 0 aliphatic carbocycles. The first-order valence-electron chi connectivity index (χ1n) is 12.4. The van der Waals surface area contributed by atoms with Gasteiger partial charge in [0, 0.05) is 24.5 Å². The number of hydrogen-bond acceptors (Lipinski definition) is 8. The first-order valence-corrected chi connectivity index (χ1v) is 14.7. The van der Waals surface area contributed by atoms with Crippen molar-refractivity contribution in [2.45, 2.75) is 49.6 Å². The zero-order valence-corrected chi connectivity index (χ0v) is 23.0. The van der Waals surface area contributed by atoms with Crippen LogP contribution in [0.3, 0.4) is 0 Å². The standard InChI is InChI=1S/C26H29ClN6O2S2/c1-18-8-4-5-13-32(18)14-7-12-28-25(34)20-16-36-23(29-20)17-37-26-31-30-24(22-11-6-15-35-22)33(26)21-10-3-2-9-19(21)27/h2-3,6,9-11,15-16,18H,4-5,7-8,12-14,17H2,1H3,(H,28,34). The average Bonchev–Trinajstić information content (AvgIpc) is 3.67. The highest BCUT2D eigenvalue weighted by Crippen LogP contribution is 2.33. The minimum atomic E-state index is -0.126. The summed E-state index contributed by atoms with van der Waals surface area (Å²) in [6.45, 7) is 5.13. The number of thioether (sulfide) groups is 1. The Hall–Kier alpha value is -2.66. The van der Waals surface area contributed by atoms with E-state index in [1.165, 1.54) is 42.4 Å². The number of hydrogen-bond donors (Lipinski definition) is 1. The van der Waals surface area contributed by atoms with Crippen molar-refractivity contribution in [2.75, 3.05) is 19.6 Å². The smallest absolute Gasteiger partial charge is 0.270 e. The molecule has 1 unspecified atom stereocenters. The molecule has 1 aliphatic heterocycles. The van der Waals surface area contributed by atoms with Gasteiger partial charge in [0.25, 0.3) is 5.91 Å². The maximum atomic E-state index is 12.6. The molecule has 37 heavy (non-hydrogen) atoms. The molecule has 0 saturated carbocycles. The van der Waals surface area contributed by atoms with Gasteiger partial charge in [-0.3, -0.25) is 9.36 Å². The third kappa shape index (κ3) is 6.26. The number of likely N-dealkylation sites (tertiary alicyclic amines) is 1. The van der Waals surface area contributed by atoms with Crippen LogP contribution in [0.1, 0.15) is 48.1 Å². The first kappa shape index (κ1) is 26.0. The van der Waals surface area contributed by atoms with Gasteiger partial charge in [0.1, 0.15) is 10.7 Å². The van der Waals surface area contributed by atoms with Crippen LogP contribution in [-0.4, -0.2) is 56.2 Å². The summed E-state index contributed by atoms with van der Waals surface area (Å²) in [5.41, 5.74) is 1.22. The molecule has 1 atom stereocenters. The Morgan fingerprint density at radius 3 is 2.95 bits per heavy atom. The summed E-state index contributed by atoms with van der Waals surface area (Å²) in [6.07, 6.45) is 6.41.